The maximum absolute atomic E-state index is 12.0. The minimum Gasteiger partial charge on any atom is -0.507 e. The molecule has 0 fully saturated rings. The van der Waals surface area contributed by atoms with Crippen LogP contribution < -0.4 is 0 Å². The molecule has 0 unspecified atom stereocenters. The molecular formula is C13H9BrClNO3S. The van der Waals surface area contributed by atoms with Crippen LogP contribution in [-0.4, -0.2) is 19.7 Å². The molecule has 1 N–H and O–H groups in total. The molecule has 0 radical (unpaired) electrons. The van der Waals surface area contributed by atoms with E-state index in [0.29, 0.717) is 15.1 Å². The van der Waals surface area contributed by atoms with Gasteiger partial charge in [-0.25, -0.2) is 0 Å². The monoisotopic (exact) mass is 373 g/mol. The van der Waals surface area contributed by atoms with Crippen LogP contribution in [0.5, 0.6) is 5.75 Å². The lowest BCUT2D eigenvalue weighted by atomic mass is 10.2. The molecule has 7 heteroatoms. The Bertz CT molecular complexity index is 758. The topological polar surface area (TPSA) is 66.7 Å². The number of rotatable bonds is 3. The van der Waals surface area contributed by atoms with Crippen molar-refractivity contribution in [2.45, 2.75) is 4.90 Å². The van der Waals surface area contributed by atoms with E-state index in [1.165, 1.54) is 30.3 Å². The Labute approximate surface area is 129 Å². The van der Waals surface area contributed by atoms with Crippen molar-refractivity contribution in [2.75, 3.05) is 0 Å². The highest BCUT2D eigenvalue weighted by Gasteiger charge is 2.11. The second-order valence-electron chi connectivity index (χ2n) is 3.87. The number of phenolic OH excluding ortho intramolecular Hbond substituents is 1. The van der Waals surface area contributed by atoms with Crippen LogP contribution in [0.2, 0.25) is 5.02 Å². The fourth-order valence-corrected chi connectivity index (χ4v) is 2.78. The van der Waals surface area contributed by atoms with Gasteiger partial charge in [0.2, 0.25) is 0 Å². The van der Waals surface area contributed by atoms with Gasteiger partial charge in [-0.2, -0.15) is 12.8 Å². The van der Waals surface area contributed by atoms with Gasteiger partial charge in [0.05, 0.1) is 11.1 Å². The first kappa shape index (κ1) is 15.0. The van der Waals surface area contributed by atoms with E-state index < -0.39 is 10.0 Å². The van der Waals surface area contributed by atoms with Gasteiger partial charge in [0.25, 0.3) is 10.0 Å². The molecule has 0 saturated carbocycles. The third kappa shape index (κ3) is 3.59. The molecule has 0 heterocycles. The van der Waals surface area contributed by atoms with E-state index in [1.54, 1.807) is 12.1 Å². The number of benzene rings is 2. The number of hydrogen-bond donors (Lipinski definition) is 1. The van der Waals surface area contributed by atoms with E-state index in [2.05, 4.69) is 20.3 Å². The van der Waals surface area contributed by atoms with Gasteiger partial charge >= 0.3 is 0 Å². The first-order valence-corrected chi connectivity index (χ1v) is 8.04. The predicted octanol–water partition coefficient (Wildman–Crippen LogP) is 3.62. The molecule has 20 heavy (non-hydrogen) atoms. The van der Waals surface area contributed by atoms with Crippen molar-refractivity contribution in [3.05, 3.63) is 57.5 Å². The smallest absolute Gasteiger partial charge is 0.282 e. The normalized spacial score (nSPS) is 11.9. The molecular weight excluding hydrogens is 366 g/mol. The fourth-order valence-electron chi connectivity index (χ4n) is 1.42. The maximum Gasteiger partial charge on any atom is 0.282 e. The van der Waals surface area contributed by atoms with Gasteiger partial charge in [-0.3, -0.25) is 0 Å². The van der Waals surface area contributed by atoms with Crippen LogP contribution in [0.15, 0.2) is 56.2 Å². The second-order valence-corrected chi connectivity index (χ2v) is 6.85. The Kier molecular flexibility index (Phi) is 4.47. The van der Waals surface area contributed by atoms with Crippen LogP contribution in [-0.2, 0) is 10.0 Å². The molecule has 0 bridgehead atoms. The summed E-state index contributed by atoms with van der Waals surface area (Å²) in [5.41, 5.74) is 0.303. The van der Waals surface area contributed by atoms with Crippen molar-refractivity contribution in [3.8, 4) is 5.75 Å². The molecule has 0 aliphatic carbocycles. The molecule has 0 saturated heterocycles. The van der Waals surface area contributed by atoms with Crippen LogP contribution in [0.4, 0.5) is 0 Å². The number of hydrogen-bond acceptors (Lipinski definition) is 3. The summed E-state index contributed by atoms with van der Waals surface area (Å²) in [7, 11) is -3.82. The Hall–Kier alpha value is -1.37. The van der Waals surface area contributed by atoms with Gasteiger partial charge in [0.15, 0.2) is 0 Å². The van der Waals surface area contributed by atoms with Crippen molar-refractivity contribution >= 4 is 43.8 Å². The van der Waals surface area contributed by atoms with Gasteiger partial charge in [-0.15, -0.1) is 0 Å². The minimum atomic E-state index is -3.82. The van der Waals surface area contributed by atoms with Gasteiger partial charge in [0, 0.05) is 15.1 Å². The van der Waals surface area contributed by atoms with Crippen LogP contribution in [0.1, 0.15) is 5.56 Å². The fraction of sp³-hybridized carbons (Fsp3) is 0. The van der Waals surface area contributed by atoms with E-state index in [1.807, 2.05) is 0 Å². The zero-order valence-electron chi connectivity index (χ0n) is 9.99. The summed E-state index contributed by atoms with van der Waals surface area (Å²) >= 11 is 8.93. The van der Waals surface area contributed by atoms with Crippen LogP contribution >= 0.6 is 27.5 Å². The lowest BCUT2D eigenvalue weighted by molar-refractivity contribution is 0.474. The molecule has 0 spiro atoms. The van der Waals surface area contributed by atoms with Gasteiger partial charge < -0.3 is 5.11 Å². The van der Waals surface area contributed by atoms with Gasteiger partial charge in [0.1, 0.15) is 5.75 Å². The van der Waals surface area contributed by atoms with E-state index in [4.69, 9.17) is 11.6 Å². The number of phenols is 1. The zero-order valence-corrected chi connectivity index (χ0v) is 13.2. The molecule has 4 nitrogen and oxygen atoms in total. The first-order valence-electron chi connectivity index (χ1n) is 5.43. The van der Waals surface area contributed by atoms with Gasteiger partial charge in [-0.05, 0) is 42.5 Å². The molecule has 2 aromatic carbocycles. The summed E-state index contributed by atoms with van der Waals surface area (Å²) in [5, 5.41) is 10.1. The largest absolute Gasteiger partial charge is 0.507 e. The van der Waals surface area contributed by atoms with Crippen molar-refractivity contribution in [1.82, 2.24) is 0 Å². The molecule has 2 aromatic rings. The molecule has 2 rings (SSSR count). The Morgan fingerprint density at radius 1 is 1.15 bits per heavy atom. The summed E-state index contributed by atoms with van der Waals surface area (Å²) in [6.45, 7) is 0. The standard InChI is InChI=1S/C13H9BrClNO3S/c14-10-1-6-13(17)9(7-10)8-16-20(18,19)12-4-2-11(15)3-5-12/h1-8,17H/b16-8+. The van der Waals surface area contributed by atoms with Crippen LogP contribution in [0.25, 0.3) is 0 Å². The lowest BCUT2D eigenvalue weighted by Gasteiger charge is -2.01. The molecule has 0 amide bonds. The van der Waals surface area contributed by atoms with E-state index in [0.717, 1.165) is 6.21 Å². The zero-order chi connectivity index (χ0) is 14.8. The average Bonchev–Trinajstić information content (AvgIpc) is 2.40. The number of nitrogens with zero attached hydrogens (tertiary/aromatic N) is 1. The van der Waals surface area contributed by atoms with Gasteiger partial charge in [-0.1, -0.05) is 27.5 Å². The van der Waals surface area contributed by atoms with E-state index in [9.17, 15) is 13.5 Å². The molecule has 0 atom stereocenters. The highest BCUT2D eigenvalue weighted by Crippen LogP contribution is 2.21. The third-order valence-corrected chi connectivity index (χ3v) is 4.43. The third-order valence-electron chi connectivity index (χ3n) is 2.43. The number of sulfonamides is 1. The molecule has 0 aromatic heterocycles. The van der Waals surface area contributed by atoms with Crippen molar-refractivity contribution in [1.29, 1.82) is 0 Å². The van der Waals surface area contributed by atoms with E-state index in [-0.39, 0.29) is 10.6 Å². The first-order chi connectivity index (χ1) is 9.38. The summed E-state index contributed by atoms with van der Waals surface area (Å²) in [6.07, 6.45) is 1.10. The number of aromatic hydroxyl groups is 1. The maximum atomic E-state index is 12.0. The summed E-state index contributed by atoms with van der Waals surface area (Å²) in [6, 6.07) is 10.3. The molecule has 0 aliphatic heterocycles. The quantitative estimate of drug-likeness (QED) is 0.835. The van der Waals surface area contributed by atoms with Crippen molar-refractivity contribution < 1.29 is 13.5 Å². The van der Waals surface area contributed by atoms with E-state index >= 15 is 0 Å². The molecule has 0 aliphatic rings. The Morgan fingerprint density at radius 3 is 2.45 bits per heavy atom. The average molecular weight is 375 g/mol. The highest BCUT2D eigenvalue weighted by molar-refractivity contribution is 9.10. The Morgan fingerprint density at radius 2 is 1.80 bits per heavy atom. The SMILES string of the molecule is O=S(=O)(/N=C/c1cc(Br)ccc1O)c1ccc(Cl)cc1. The lowest BCUT2D eigenvalue weighted by Crippen LogP contribution is -1.97. The molecule has 104 valence electrons. The Balaban J connectivity index is 2.34. The number of halogens is 2. The second kappa shape index (κ2) is 5.95. The summed E-state index contributed by atoms with van der Waals surface area (Å²) < 4.78 is 28.2. The highest BCUT2D eigenvalue weighted by atomic mass is 79.9. The van der Waals surface area contributed by atoms with Crippen molar-refractivity contribution in [3.63, 3.8) is 0 Å². The van der Waals surface area contributed by atoms with Crippen molar-refractivity contribution in [2.24, 2.45) is 4.40 Å². The van der Waals surface area contributed by atoms with Crippen LogP contribution in [0, 0.1) is 0 Å². The predicted molar refractivity (Wildman–Crippen MR) is 82.0 cm³/mol. The van der Waals surface area contributed by atoms with Crippen LogP contribution in [0.3, 0.4) is 0 Å². The summed E-state index contributed by atoms with van der Waals surface area (Å²) in [4.78, 5) is 0.0348. The summed E-state index contributed by atoms with van der Waals surface area (Å²) in [5.74, 6) is -0.0525. The minimum absolute atomic E-state index is 0.0348.